The Bertz CT molecular complexity index is 271. The minimum Gasteiger partial charge on any atom is -0.481 e. The van der Waals surface area contributed by atoms with Crippen LogP contribution in [0.3, 0.4) is 0 Å². The molecule has 1 aromatic rings. The Morgan fingerprint density at radius 1 is 1.14 bits per heavy atom. The molecule has 0 unspecified atom stereocenters. The molecule has 78 valence electrons. The maximum absolute atomic E-state index is 4.97. The van der Waals surface area contributed by atoms with Crippen LogP contribution in [0.2, 0.25) is 0 Å². The molecule has 1 N–H and O–H groups in total. The molecule has 0 spiro atoms. The summed E-state index contributed by atoms with van der Waals surface area (Å²) in [6, 6.07) is 1.60. The Hall–Kier alpha value is -1.56. The maximum atomic E-state index is 4.97. The zero-order valence-corrected chi connectivity index (χ0v) is 8.40. The zero-order valence-electron chi connectivity index (χ0n) is 8.40. The highest BCUT2D eigenvalue weighted by Crippen LogP contribution is 2.16. The first-order chi connectivity index (χ1) is 6.80. The lowest BCUT2D eigenvalue weighted by Gasteiger charge is -2.07. The molecule has 0 aromatic carbocycles. The van der Waals surface area contributed by atoms with Crippen LogP contribution in [0.25, 0.3) is 0 Å². The molecule has 0 fully saturated rings. The number of nitrogens with zero attached hydrogens (tertiary/aromatic N) is 2. The van der Waals surface area contributed by atoms with Gasteiger partial charge in [-0.25, -0.2) is 0 Å². The summed E-state index contributed by atoms with van der Waals surface area (Å²) in [5.41, 5.74) is 0. The van der Waals surface area contributed by atoms with Gasteiger partial charge >= 0.3 is 0 Å². The highest BCUT2D eigenvalue weighted by Gasteiger charge is 2.03. The zero-order chi connectivity index (χ0) is 10.4. The normalized spacial score (nSPS) is 9.64. The van der Waals surface area contributed by atoms with Gasteiger partial charge in [-0.15, -0.1) is 0 Å². The van der Waals surface area contributed by atoms with Gasteiger partial charge in [0.25, 0.3) is 0 Å². The van der Waals surface area contributed by atoms with E-state index in [1.54, 1.807) is 13.2 Å². The first-order valence-corrected chi connectivity index (χ1v) is 4.00. The Labute approximate surface area is 82.2 Å². The number of ether oxygens (including phenoxy) is 3. The topological polar surface area (TPSA) is 65.5 Å². The first kappa shape index (κ1) is 10.5. The van der Waals surface area contributed by atoms with Gasteiger partial charge < -0.3 is 19.5 Å². The van der Waals surface area contributed by atoms with E-state index in [9.17, 15) is 0 Å². The molecule has 6 nitrogen and oxygen atoms in total. The fourth-order valence-corrected chi connectivity index (χ4v) is 0.829. The number of rotatable bonds is 5. The van der Waals surface area contributed by atoms with E-state index in [0.29, 0.717) is 24.4 Å². The van der Waals surface area contributed by atoms with Crippen molar-refractivity contribution in [2.24, 2.45) is 0 Å². The average Bonchev–Trinajstić information content (AvgIpc) is 2.25. The van der Waals surface area contributed by atoms with Crippen LogP contribution in [0.15, 0.2) is 6.07 Å². The molecule has 0 saturated heterocycles. The summed E-state index contributed by atoms with van der Waals surface area (Å²) in [5, 5.41) is 2.84. The van der Waals surface area contributed by atoms with E-state index >= 15 is 0 Å². The maximum Gasteiger partial charge on any atom is 0.231 e. The second-order valence-electron chi connectivity index (χ2n) is 2.39. The second kappa shape index (κ2) is 5.23. The molecule has 0 amide bonds. The Morgan fingerprint density at radius 3 is 2.14 bits per heavy atom. The molecule has 0 aliphatic heterocycles. The van der Waals surface area contributed by atoms with Crippen molar-refractivity contribution < 1.29 is 14.2 Å². The fraction of sp³-hybridized carbons (Fsp3) is 0.500. The van der Waals surface area contributed by atoms with Crippen LogP contribution in [0.5, 0.6) is 11.8 Å². The Balaban J connectivity index is 2.81. The first-order valence-electron chi connectivity index (χ1n) is 4.00. The third-order valence-electron chi connectivity index (χ3n) is 1.47. The lowest BCUT2D eigenvalue weighted by atomic mass is 10.6. The summed E-state index contributed by atoms with van der Waals surface area (Å²) in [7, 11) is 4.63. The summed E-state index contributed by atoms with van der Waals surface area (Å²) in [4.78, 5) is 8.07. The second-order valence-corrected chi connectivity index (χ2v) is 2.39. The summed E-state index contributed by atoms with van der Waals surface area (Å²) in [5.74, 6) is 1.29. The van der Waals surface area contributed by atoms with E-state index in [2.05, 4.69) is 15.3 Å². The number of hydrogen-bond donors (Lipinski definition) is 1. The van der Waals surface area contributed by atoms with Gasteiger partial charge in [-0.2, -0.15) is 9.97 Å². The Morgan fingerprint density at radius 2 is 1.71 bits per heavy atom. The van der Waals surface area contributed by atoms with E-state index in [4.69, 9.17) is 14.2 Å². The largest absolute Gasteiger partial charge is 0.481 e. The van der Waals surface area contributed by atoms with Gasteiger partial charge in [0.1, 0.15) is 6.73 Å². The third kappa shape index (κ3) is 2.74. The molecule has 0 bridgehead atoms. The molecule has 1 aromatic heterocycles. The molecule has 14 heavy (non-hydrogen) atoms. The lowest BCUT2D eigenvalue weighted by Crippen LogP contribution is -2.07. The van der Waals surface area contributed by atoms with Gasteiger partial charge in [0.15, 0.2) is 0 Å². The van der Waals surface area contributed by atoms with E-state index in [-0.39, 0.29) is 0 Å². The van der Waals surface area contributed by atoms with Gasteiger partial charge in [-0.1, -0.05) is 0 Å². The Kier molecular flexibility index (Phi) is 3.93. The number of aromatic nitrogens is 2. The van der Waals surface area contributed by atoms with Crippen LogP contribution in [0, 0.1) is 0 Å². The van der Waals surface area contributed by atoms with Crippen molar-refractivity contribution in [3.8, 4) is 11.8 Å². The molecule has 0 aliphatic carbocycles. The molecular formula is C8H13N3O3. The minimum atomic E-state index is 0.330. The highest BCUT2D eigenvalue weighted by atomic mass is 16.5. The van der Waals surface area contributed by atoms with Gasteiger partial charge in [-0.3, -0.25) is 0 Å². The van der Waals surface area contributed by atoms with Gasteiger partial charge in [0, 0.05) is 7.11 Å². The van der Waals surface area contributed by atoms with E-state index in [1.807, 2.05) is 0 Å². The highest BCUT2D eigenvalue weighted by molar-refractivity contribution is 5.33. The minimum absolute atomic E-state index is 0.330. The summed E-state index contributed by atoms with van der Waals surface area (Å²) < 4.78 is 14.8. The third-order valence-corrected chi connectivity index (χ3v) is 1.47. The van der Waals surface area contributed by atoms with Gasteiger partial charge in [0.2, 0.25) is 17.7 Å². The molecule has 1 rings (SSSR count). The van der Waals surface area contributed by atoms with Gasteiger partial charge in [-0.05, 0) is 0 Å². The van der Waals surface area contributed by atoms with E-state index in [0.717, 1.165) is 0 Å². The molecule has 0 saturated carbocycles. The molecule has 0 radical (unpaired) electrons. The molecule has 0 aliphatic rings. The molecule has 1 heterocycles. The van der Waals surface area contributed by atoms with E-state index in [1.165, 1.54) is 14.2 Å². The standard InChI is InChI=1S/C8H13N3O3/c1-12-5-9-8-10-6(13-2)4-7(11-8)14-3/h4H,5H2,1-3H3,(H,9,10,11). The smallest absolute Gasteiger partial charge is 0.231 e. The van der Waals surface area contributed by atoms with Crippen molar-refractivity contribution in [1.29, 1.82) is 0 Å². The SMILES string of the molecule is COCNc1nc(OC)cc(OC)n1. The summed E-state index contributed by atoms with van der Waals surface area (Å²) in [6.07, 6.45) is 0. The molecule has 6 heteroatoms. The van der Waals surface area contributed by atoms with Crippen molar-refractivity contribution in [3.05, 3.63) is 6.07 Å². The van der Waals surface area contributed by atoms with Crippen molar-refractivity contribution >= 4 is 5.95 Å². The lowest BCUT2D eigenvalue weighted by molar-refractivity contribution is 0.220. The monoisotopic (exact) mass is 199 g/mol. The predicted octanol–water partition coefficient (Wildman–Crippen LogP) is 0.510. The average molecular weight is 199 g/mol. The van der Waals surface area contributed by atoms with Crippen LogP contribution in [-0.4, -0.2) is 38.0 Å². The fourth-order valence-electron chi connectivity index (χ4n) is 0.829. The van der Waals surface area contributed by atoms with Crippen LogP contribution in [-0.2, 0) is 4.74 Å². The van der Waals surface area contributed by atoms with Gasteiger partial charge in [0.05, 0.1) is 20.3 Å². The van der Waals surface area contributed by atoms with Crippen LogP contribution >= 0.6 is 0 Å². The number of methoxy groups -OCH3 is 3. The quantitative estimate of drug-likeness (QED) is 0.697. The number of anilines is 1. The summed E-state index contributed by atoms with van der Waals surface area (Å²) >= 11 is 0. The van der Waals surface area contributed by atoms with Crippen molar-refractivity contribution in [1.82, 2.24) is 9.97 Å². The van der Waals surface area contributed by atoms with Crippen LogP contribution in [0.1, 0.15) is 0 Å². The van der Waals surface area contributed by atoms with Crippen LogP contribution < -0.4 is 14.8 Å². The van der Waals surface area contributed by atoms with Crippen LogP contribution in [0.4, 0.5) is 5.95 Å². The van der Waals surface area contributed by atoms with Crippen molar-refractivity contribution in [3.63, 3.8) is 0 Å². The summed E-state index contributed by atoms with van der Waals surface area (Å²) in [6.45, 7) is 0.330. The number of hydrogen-bond acceptors (Lipinski definition) is 6. The molecule has 0 atom stereocenters. The molecular weight excluding hydrogens is 186 g/mol. The van der Waals surface area contributed by atoms with Crippen molar-refractivity contribution in [2.45, 2.75) is 0 Å². The predicted molar refractivity (Wildman–Crippen MR) is 50.6 cm³/mol. The van der Waals surface area contributed by atoms with E-state index < -0.39 is 0 Å². The number of nitrogens with one attached hydrogen (secondary N) is 1. The van der Waals surface area contributed by atoms with Crippen molar-refractivity contribution in [2.75, 3.05) is 33.4 Å².